The Morgan fingerprint density at radius 3 is 2.28 bits per heavy atom. The van der Waals surface area contributed by atoms with E-state index in [1.807, 2.05) is 6.92 Å². The molecule has 4 heteroatoms. The maximum absolute atomic E-state index is 13.1. The minimum atomic E-state index is -0.349. The molecule has 1 atom stereocenters. The highest BCUT2D eigenvalue weighted by molar-refractivity contribution is 5.66. The molecule has 2 aromatic rings. The predicted octanol–water partition coefficient (Wildman–Crippen LogP) is 3.72. The van der Waals surface area contributed by atoms with E-state index in [1.165, 1.54) is 30.3 Å². The van der Waals surface area contributed by atoms with E-state index in [2.05, 4.69) is 5.32 Å². The Balaban J connectivity index is 2.18. The molecule has 0 aromatic heterocycles. The maximum atomic E-state index is 13.1. The summed E-state index contributed by atoms with van der Waals surface area (Å²) in [6.07, 6.45) is 0. The average Bonchev–Trinajstić information content (AvgIpc) is 2.34. The Kier molecular flexibility index (Phi) is 3.46. The van der Waals surface area contributed by atoms with Gasteiger partial charge in [-0.15, -0.1) is 0 Å². The Morgan fingerprint density at radius 1 is 1.00 bits per heavy atom. The van der Waals surface area contributed by atoms with Gasteiger partial charge in [0, 0.05) is 6.04 Å². The summed E-state index contributed by atoms with van der Waals surface area (Å²) in [4.78, 5) is 0. The quantitative estimate of drug-likeness (QED) is 0.812. The van der Waals surface area contributed by atoms with Crippen LogP contribution in [0.25, 0.3) is 0 Å². The topological polar surface area (TPSA) is 38.0 Å². The van der Waals surface area contributed by atoms with Crippen molar-refractivity contribution in [2.45, 2.75) is 13.0 Å². The summed E-state index contributed by atoms with van der Waals surface area (Å²) in [5.41, 5.74) is 7.66. The molecule has 0 saturated carbocycles. The Labute approximate surface area is 104 Å². The van der Waals surface area contributed by atoms with Crippen LogP contribution >= 0.6 is 0 Å². The molecule has 2 aromatic carbocycles. The first kappa shape index (κ1) is 12.4. The van der Waals surface area contributed by atoms with Crippen molar-refractivity contribution in [3.8, 4) is 0 Å². The molecule has 18 heavy (non-hydrogen) atoms. The number of hydrogen-bond donors (Lipinski definition) is 2. The molecule has 2 nitrogen and oxygen atoms in total. The van der Waals surface area contributed by atoms with Crippen molar-refractivity contribution in [3.63, 3.8) is 0 Å². The largest absolute Gasteiger partial charge is 0.397 e. The van der Waals surface area contributed by atoms with Gasteiger partial charge < -0.3 is 11.1 Å². The third-order valence-electron chi connectivity index (χ3n) is 2.76. The van der Waals surface area contributed by atoms with Crippen LogP contribution in [0.2, 0.25) is 0 Å². The van der Waals surface area contributed by atoms with Gasteiger partial charge in [-0.25, -0.2) is 8.78 Å². The molecule has 2 rings (SSSR count). The molecule has 3 N–H and O–H groups in total. The maximum Gasteiger partial charge on any atom is 0.125 e. The second-order valence-electron chi connectivity index (χ2n) is 4.15. The first-order valence-corrected chi connectivity index (χ1v) is 5.63. The van der Waals surface area contributed by atoms with Gasteiger partial charge in [-0.1, -0.05) is 12.1 Å². The van der Waals surface area contributed by atoms with Crippen LogP contribution in [0.4, 0.5) is 20.2 Å². The van der Waals surface area contributed by atoms with E-state index in [0.717, 1.165) is 5.56 Å². The molecule has 0 aliphatic heterocycles. The molecular formula is C14H14F2N2. The second-order valence-corrected chi connectivity index (χ2v) is 4.15. The van der Waals surface area contributed by atoms with Crippen LogP contribution in [0.15, 0.2) is 42.5 Å². The Morgan fingerprint density at radius 2 is 1.61 bits per heavy atom. The van der Waals surface area contributed by atoms with Crippen LogP contribution in [0.1, 0.15) is 18.5 Å². The van der Waals surface area contributed by atoms with Gasteiger partial charge in [0.1, 0.15) is 11.6 Å². The molecule has 94 valence electrons. The Hall–Kier alpha value is -2.10. The highest BCUT2D eigenvalue weighted by Gasteiger charge is 2.08. The Bertz CT molecular complexity index is 538. The number of halogens is 2. The van der Waals surface area contributed by atoms with Crippen molar-refractivity contribution >= 4 is 11.4 Å². The third-order valence-corrected chi connectivity index (χ3v) is 2.76. The molecule has 0 amide bonds. The van der Waals surface area contributed by atoms with Crippen LogP contribution in [0.5, 0.6) is 0 Å². The second kappa shape index (κ2) is 5.04. The molecule has 1 unspecified atom stereocenters. The van der Waals surface area contributed by atoms with Crippen LogP contribution in [-0.4, -0.2) is 0 Å². The van der Waals surface area contributed by atoms with Gasteiger partial charge in [0.25, 0.3) is 0 Å². The number of anilines is 2. The number of hydrogen-bond acceptors (Lipinski definition) is 2. The molecule has 0 spiro atoms. The van der Waals surface area contributed by atoms with Crippen LogP contribution in [0.3, 0.4) is 0 Å². The highest BCUT2D eigenvalue weighted by atomic mass is 19.1. The molecule has 0 fully saturated rings. The van der Waals surface area contributed by atoms with E-state index in [0.29, 0.717) is 11.4 Å². The number of nitrogens with two attached hydrogens (primary N) is 1. The van der Waals surface area contributed by atoms with Crippen molar-refractivity contribution < 1.29 is 8.78 Å². The van der Waals surface area contributed by atoms with Crippen molar-refractivity contribution in [2.24, 2.45) is 0 Å². The highest BCUT2D eigenvalue weighted by Crippen LogP contribution is 2.25. The summed E-state index contributed by atoms with van der Waals surface area (Å²) in [5.74, 6) is -0.630. The monoisotopic (exact) mass is 248 g/mol. The van der Waals surface area contributed by atoms with Gasteiger partial charge in [0.2, 0.25) is 0 Å². The van der Waals surface area contributed by atoms with E-state index in [9.17, 15) is 8.78 Å². The summed E-state index contributed by atoms with van der Waals surface area (Å²) >= 11 is 0. The summed E-state index contributed by atoms with van der Waals surface area (Å²) in [6.45, 7) is 1.90. The van der Waals surface area contributed by atoms with Crippen molar-refractivity contribution in [1.82, 2.24) is 0 Å². The van der Waals surface area contributed by atoms with Crippen molar-refractivity contribution in [2.75, 3.05) is 11.1 Å². The summed E-state index contributed by atoms with van der Waals surface area (Å²) in [7, 11) is 0. The lowest BCUT2D eigenvalue weighted by molar-refractivity contribution is 0.626. The molecule has 0 heterocycles. The standard InChI is InChI=1S/C14H14F2N2/c1-9(10-2-4-11(15)5-3-10)18-14-8-12(16)6-7-13(14)17/h2-9,18H,17H2,1H3. The third kappa shape index (κ3) is 2.77. The van der Waals surface area contributed by atoms with Gasteiger partial charge in [-0.05, 0) is 42.8 Å². The van der Waals surface area contributed by atoms with Crippen molar-refractivity contribution in [3.05, 3.63) is 59.7 Å². The number of benzene rings is 2. The van der Waals surface area contributed by atoms with Gasteiger partial charge in [-0.3, -0.25) is 0 Å². The first-order valence-electron chi connectivity index (χ1n) is 5.63. The smallest absolute Gasteiger partial charge is 0.125 e. The summed E-state index contributed by atoms with van der Waals surface area (Å²) in [5, 5.41) is 3.10. The van der Waals surface area contributed by atoms with Crippen LogP contribution in [-0.2, 0) is 0 Å². The summed E-state index contributed by atoms with van der Waals surface area (Å²) < 4.78 is 25.9. The van der Waals surface area contributed by atoms with E-state index in [-0.39, 0.29) is 17.7 Å². The molecule has 0 bridgehead atoms. The minimum Gasteiger partial charge on any atom is -0.397 e. The number of nitrogens with one attached hydrogen (secondary N) is 1. The van der Waals surface area contributed by atoms with Crippen molar-refractivity contribution in [1.29, 1.82) is 0 Å². The first-order chi connectivity index (χ1) is 8.56. The average molecular weight is 248 g/mol. The lowest BCUT2D eigenvalue weighted by Crippen LogP contribution is -2.08. The van der Waals surface area contributed by atoms with Gasteiger partial charge in [0.05, 0.1) is 11.4 Å². The van der Waals surface area contributed by atoms with E-state index < -0.39 is 0 Å². The lowest BCUT2D eigenvalue weighted by atomic mass is 10.1. The zero-order valence-corrected chi connectivity index (χ0v) is 9.95. The predicted molar refractivity (Wildman–Crippen MR) is 69.3 cm³/mol. The number of nitrogen functional groups attached to an aromatic ring is 1. The number of rotatable bonds is 3. The molecular weight excluding hydrogens is 234 g/mol. The normalized spacial score (nSPS) is 12.2. The lowest BCUT2D eigenvalue weighted by Gasteiger charge is -2.17. The molecule has 0 aliphatic carbocycles. The molecule has 0 radical (unpaired) electrons. The van der Waals surface area contributed by atoms with Gasteiger partial charge in [0.15, 0.2) is 0 Å². The van der Waals surface area contributed by atoms with Gasteiger partial charge >= 0.3 is 0 Å². The van der Waals surface area contributed by atoms with E-state index >= 15 is 0 Å². The van der Waals surface area contributed by atoms with Crippen LogP contribution in [0, 0.1) is 11.6 Å². The van der Waals surface area contributed by atoms with E-state index in [4.69, 9.17) is 5.73 Å². The fraction of sp³-hybridized carbons (Fsp3) is 0.143. The summed E-state index contributed by atoms with van der Waals surface area (Å²) in [6, 6.07) is 10.2. The molecule has 0 saturated heterocycles. The fourth-order valence-corrected chi connectivity index (χ4v) is 1.72. The zero-order valence-electron chi connectivity index (χ0n) is 9.95. The van der Waals surface area contributed by atoms with Crippen LogP contribution < -0.4 is 11.1 Å². The molecule has 0 aliphatic rings. The SMILES string of the molecule is CC(Nc1cc(F)ccc1N)c1ccc(F)cc1. The van der Waals surface area contributed by atoms with Gasteiger partial charge in [-0.2, -0.15) is 0 Å². The van der Waals surface area contributed by atoms with E-state index in [1.54, 1.807) is 12.1 Å². The zero-order chi connectivity index (χ0) is 13.1. The minimum absolute atomic E-state index is 0.0882. The fourth-order valence-electron chi connectivity index (χ4n) is 1.72.